The fraction of sp³-hybridized carbons (Fsp3) is 0.391. The zero-order valence-corrected chi connectivity index (χ0v) is 20.2. The minimum absolute atomic E-state index is 0.0199. The number of hydrogen-bond acceptors (Lipinski definition) is 6. The molecular formula is C23H31N3O6S. The first-order valence-electron chi connectivity index (χ1n) is 10.7. The molecule has 0 bridgehead atoms. The van der Waals surface area contributed by atoms with Crippen molar-refractivity contribution in [3.8, 4) is 11.5 Å². The van der Waals surface area contributed by atoms with Crippen molar-refractivity contribution in [2.45, 2.75) is 32.6 Å². The van der Waals surface area contributed by atoms with Crippen molar-refractivity contribution in [1.82, 2.24) is 15.4 Å². The van der Waals surface area contributed by atoms with Crippen LogP contribution in [0.1, 0.15) is 35.3 Å². The van der Waals surface area contributed by atoms with Gasteiger partial charge < -0.3 is 20.1 Å². The molecule has 0 atom stereocenters. The van der Waals surface area contributed by atoms with Gasteiger partial charge in [-0.3, -0.25) is 9.59 Å². The molecule has 2 aromatic rings. The Labute approximate surface area is 194 Å². The molecule has 0 unspecified atom stereocenters. The minimum Gasteiger partial charge on any atom is -0.490 e. The summed E-state index contributed by atoms with van der Waals surface area (Å²) in [5.74, 6) is 0.111. The smallest absolute Gasteiger partial charge is 0.251 e. The van der Waals surface area contributed by atoms with E-state index in [0.29, 0.717) is 35.8 Å². The van der Waals surface area contributed by atoms with E-state index in [1.165, 1.54) is 0 Å². The van der Waals surface area contributed by atoms with E-state index in [1.54, 1.807) is 37.3 Å². The van der Waals surface area contributed by atoms with E-state index in [-0.39, 0.29) is 24.5 Å². The molecule has 0 spiro atoms. The zero-order chi connectivity index (χ0) is 24.4. The minimum atomic E-state index is -3.68. The molecule has 0 saturated carbocycles. The molecule has 3 N–H and O–H groups in total. The van der Waals surface area contributed by atoms with Crippen LogP contribution in [0, 0.1) is 13.8 Å². The Morgan fingerprint density at radius 1 is 0.879 bits per heavy atom. The molecule has 0 saturated heterocycles. The number of sulfonamides is 1. The van der Waals surface area contributed by atoms with Crippen molar-refractivity contribution in [2.24, 2.45) is 0 Å². The van der Waals surface area contributed by atoms with Gasteiger partial charge in [0.2, 0.25) is 15.9 Å². The first-order valence-corrected chi connectivity index (χ1v) is 12.2. The van der Waals surface area contributed by atoms with Crippen molar-refractivity contribution >= 4 is 21.8 Å². The average Bonchev–Trinajstić information content (AvgIpc) is 2.78. The number of carbonyl (C=O) groups is 2. The van der Waals surface area contributed by atoms with Crippen molar-refractivity contribution < 1.29 is 27.5 Å². The molecule has 0 heterocycles. The largest absolute Gasteiger partial charge is 0.490 e. The fourth-order valence-electron chi connectivity index (χ4n) is 2.98. The Morgan fingerprint density at radius 3 is 2.27 bits per heavy atom. The molecule has 0 radical (unpaired) electrons. The maximum atomic E-state index is 12.5. The number of amides is 2. The van der Waals surface area contributed by atoms with Crippen molar-refractivity contribution in [3.05, 3.63) is 53.1 Å². The van der Waals surface area contributed by atoms with Crippen LogP contribution in [0.5, 0.6) is 11.5 Å². The third-order valence-electron chi connectivity index (χ3n) is 4.59. The molecule has 9 nitrogen and oxygen atoms in total. The Bertz CT molecular complexity index is 1090. The SMILES string of the molecule is CCOc1ccc(C(=O)NCC(=O)NCCNS(=O)(=O)c2cc(C)ccc2C)cc1OCC. The Hall–Kier alpha value is -3.11. The summed E-state index contributed by atoms with van der Waals surface area (Å²) in [7, 11) is -3.68. The molecule has 0 fully saturated rings. The maximum Gasteiger partial charge on any atom is 0.251 e. The van der Waals surface area contributed by atoms with Gasteiger partial charge in [0.05, 0.1) is 24.7 Å². The van der Waals surface area contributed by atoms with Gasteiger partial charge in [-0.15, -0.1) is 0 Å². The predicted octanol–water partition coefficient (Wildman–Crippen LogP) is 1.93. The monoisotopic (exact) mass is 477 g/mol. The standard InChI is InChI=1S/C23H31N3O6S/c1-5-31-19-10-9-18(14-20(19)32-6-2)23(28)25-15-22(27)24-11-12-26-33(29,30)21-13-16(3)7-8-17(21)4/h7-10,13-14,26H,5-6,11-12,15H2,1-4H3,(H,24,27)(H,25,28). The van der Waals surface area contributed by atoms with E-state index in [9.17, 15) is 18.0 Å². The van der Waals surface area contributed by atoms with Gasteiger partial charge >= 0.3 is 0 Å². The molecule has 10 heteroatoms. The first kappa shape index (κ1) is 26.1. The highest BCUT2D eigenvalue weighted by Gasteiger charge is 2.17. The normalized spacial score (nSPS) is 11.0. The lowest BCUT2D eigenvalue weighted by Crippen LogP contribution is -2.40. The number of rotatable bonds is 12. The summed E-state index contributed by atoms with van der Waals surface area (Å²) < 4.78 is 38.4. The number of benzene rings is 2. The molecule has 0 aliphatic rings. The highest BCUT2D eigenvalue weighted by atomic mass is 32.2. The van der Waals surface area contributed by atoms with Crippen LogP contribution in [0.4, 0.5) is 0 Å². The third kappa shape index (κ3) is 7.76. The molecule has 33 heavy (non-hydrogen) atoms. The van der Waals surface area contributed by atoms with E-state index >= 15 is 0 Å². The van der Waals surface area contributed by atoms with Crippen LogP contribution in [-0.2, 0) is 14.8 Å². The molecule has 0 aliphatic heterocycles. The first-order chi connectivity index (χ1) is 15.7. The van der Waals surface area contributed by atoms with Crippen LogP contribution in [0.25, 0.3) is 0 Å². The summed E-state index contributed by atoms with van der Waals surface area (Å²) in [5, 5.41) is 5.10. The summed E-state index contributed by atoms with van der Waals surface area (Å²) in [6.07, 6.45) is 0. The predicted molar refractivity (Wildman–Crippen MR) is 125 cm³/mol. The van der Waals surface area contributed by atoms with E-state index in [0.717, 1.165) is 5.56 Å². The number of hydrogen-bond donors (Lipinski definition) is 3. The summed E-state index contributed by atoms with van der Waals surface area (Å²) in [4.78, 5) is 24.6. The van der Waals surface area contributed by atoms with E-state index < -0.39 is 21.8 Å². The lowest BCUT2D eigenvalue weighted by Gasteiger charge is -2.13. The Balaban J connectivity index is 1.81. The Kier molecular flexibility index (Phi) is 9.68. The summed E-state index contributed by atoms with van der Waals surface area (Å²) in [6, 6.07) is 9.98. The van der Waals surface area contributed by atoms with Gasteiger partial charge in [-0.1, -0.05) is 12.1 Å². The van der Waals surface area contributed by atoms with Crippen LogP contribution in [0.3, 0.4) is 0 Å². The van der Waals surface area contributed by atoms with Gasteiger partial charge in [-0.2, -0.15) is 0 Å². The van der Waals surface area contributed by atoms with E-state index in [1.807, 2.05) is 26.8 Å². The molecule has 180 valence electrons. The van der Waals surface area contributed by atoms with Crippen molar-refractivity contribution in [2.75, 3.05) is 32.8 Å². The van der Waals surface area contributed by atoms with Crippen molar-refractivity contribution in [1.29, 1.82) is 0 Å². The quantitative estimate of drug-likeness (QED) is 0.402. The second-order valence-electron chi connectivity index (χ2n) is 7.23. The third-order valence-corrected chi connectivity index (χ3v) is 6.19. The fourth-order valence-corrected chi connectivity index (χ4v) is 4.34. The van der Waals surface area contributed by atoms with Crippen LogP contribution < -0.4 is 24.8 Å². The molecule has 2 amide bonds. The van der Waals surface area contributed by atoms with Crippen molar-refractivity contribution in [3.63, 3.8) is 0 Å². The van der Waals surface area contributed by atoms with E-state index in [2.05, 4.69) is 15.4 Å². The molecule has 0 aromatic heterocycles. The lowest BCUT2D eigenvalue weighted by atomic mass is 10.2. The number of carbonyl (C=O) groups excluding carboxylic acids is 2. The zero-order valence-electron chi connectivity index (χ0n) is 19.4. The molecule has 2 aromatic carbocycles. The van der Waals surface area contributed by atoms with Gasteiger partial charge in [0, 0.05) is 18.7 Å². The summed E-state index contributed by atoms with van der Waals surface area (Å²) in [5.41, 5.74) is 1.81. The Morgan fingerprint density at radius 2 is 1.58 bits per heavy atom. The number of aryl methyl sites for hydroxylation is 2. The van der Waals surface area contributed by atoms with Crippen LogP contribution in [0.15, 0.2) is 41.3 Å². The topological polar surface area (TPSA) is 123 Å². The molecule has 2 rings (SSSR count). The number of nitrogens with one attached hydrogen (secondary N) is 3. The second kappa shape index (κ2) is 12.2. The van der Waals surface area contributed by atoms with Crippen LogP contribution in [0.2, 0.25) is 0 Å². The highest BCUT2D eigenvalue weighted by molar-refractivity contribution is 7.89. The summed E-state index contributed by atoms with van der Waals surface area (Å²) >= 11 is 0. The van der Waals surface area contributed by atoms with Gasteiger partial charge in [-0.25, -0.2) is 13.1 Å². The summed E-state index contributed by atoms with van der Waals surface area (Å²) in [6.45, 7) is 7.95. The van der Waals surface area contributed by atoms with Gasteiger partial charge in [0.15, 0.2) is 11.5 Å². The van der Waals surface area contributed by atoms with Gasteiger partial charge in [0.25, 0.3) is 5.91 Å². The number of ether oxygens (including phenoxy) is 2. The second-order valence-corrected chi connectivity index (χ2v) is 8.96. The van der Waals surface area contributed by atoms with E-state index in [4.69, 9.17) is 9.47 Å². The van der Waals surface area contributed by atoms with Crippen LogP contribution in [-0.4, -0.2) is 53.1 Å². The van der Waals surface area contributed by atoms with Gasteiger partial charge in [0.1, 0.15) is 0 Å². The molecule has 0 aliphatic carbocycles. The highest BCUT2D eigenvalue weighted by Crippen LogP contribution is 2.28. The average molecular weight is 478 g/mol. The van der Waals surface area contributed by atoms with Gasteiger partial charge in [-0.05, 0) is 63.1 Å². The molecular weight excluding hydrogens is 446 g/mol. The van der Waals surface area contributed by atoms with Crippen LogP contribution >= 0.6 is 0 Å². The maximum absolute atomic E-state index is 12.5. The lowest BCUT2D eigenvalue weighted by molar-refractivity contribution is -0.120.